The first kappa shape index (κ1) is 23.0. The van der Waals surface area contributed by atoms with Crippen molar-refractivity contribution in [1.29, 1.82) is 0 Å². The fourth-order valence-electron chi connectivity index (χ4n) is 8.75. The molecule has 2 saturated heterocycles. The number of carbonyl (C=O) groups is 1. The highest BCUT2D eigenvalue weighted by Gasteiger charge is 2.64. The van der Waals surface area contributed by atoms with Gasteiger partial charge in [-0.3, -0.25) is 4.79 Å². The highest BCUT2D eigenvalue weighted by molar-refractivity contribution is 5.82. The number of carbonyl (C=O) groups excluding carboxylic acids is 1. The van der Waals surface area contributed by atoms with E-state index in [4.69, 9.17) is 9.47 Å². The molecule has 1 N–H and O–H groups in total. The molecule has 0 bridgehead atoms. The molecule has 1 unspecified atom stereocenters. The third kappa shape index (κ3) is 3.38. The van der Waals surface area contributed by atoms with E-state index in [1.807, 2.05) is 0 Å². The van der Waals surface area contributed by atoms with Crippen LogP contribution in [0, 0.1) is 23.2 Å². The van der Waals surface area contributed by atoms with E-state index in [1.54, 1.807) is 7.11 Å². The van der Waals surface area contributed by atoms with Crippen LogP contribution in [0.3, 0.4) is 0 Å². The summed E-state index contributed by atoms with van der Waals surface area (Å²) in [5.41, 5.74) is -0.854. The van der Waals surface area contributed by atoms with Crippen LogP contribution in [0.4, 0.5) is 4.39 Å². The van der Waals surface area contributed by atoms with Crippen molar-refractivity contribution in [2.75, 3.05) is 20.3 Å². The molecule has 5 rings (SSSR count). The number of nitrogens with zero attached hydrogens (tertiary/aromatic N) is 1. The third-order valence-corrected chi connectivity index (χ3v) is 10.7. The quantitative estimate of drug-likeness (QED) is 0.682. The first-order valence-corrected chi connectivity index (χ1v) is 13.0. The summed E-state index contributed by atoms with van der Waals surface area (Å²) >= 11 is 0. The molecule has 32 heavy (non-hydrogen) atoms. The molecule has 0 spiro atoms. The van der Waals surface area contributed by atoms with Crippen LogP contribution in [-0.2, 0) is 14.3 Å². The van der Waals surface area contributed by atoms with Gasteiger partial charge in [0.05, 0.1) is 18.3 Å². The van der Waals surface area contributed by atoms with E-state index in [2.05, 4.69) is 18.7 Å². The molecule has 0 aromatic carbocycles. The first-order valence-electron chi connectivity index (χ1n) is 13.0. The standard InChI is InChI=1S/C26H42FNO4/c1-24-11-8-18(31-3)15-26(24,30)13-9-19-20(24)10-12-25(2)21(19)5-4-14-28(25)23(29)22-7-6-17(27)16-32-22/h17-22,30H,4-16H2,1-3H3/t17-,18+,19-,20?,21+,22-,24-,25+,26-/m1/s1. The predicted molar refractivity (Wildman–Crippen MR) is 120 cm³/mol. The Kier molecular flexibility index (Phi) is 5.90. The van der Waals surface area contributed by atoms with Gasteiger partial charge in [0.15, 0.2) is 0 Å². The predicted octanol–water partition coefficient (Wildman–Crippen LogP) is 4.26. The maximum Gasteiger partial charge on any atom is 0.252 e. The molecule has 2 heterocycles. The second kappa shape index (κ2) is 8.20. The van der Waals surface area contributed by atoms with Gasteiger partial charge in [-0.15, -0.1) is 0 Å². The van der Waals surface area contributed by atoms with Gasteiger partial charge >= 0.3 is 0 Å². The van der Waals surface area contributed by atoms with E-state index in [0.29, 0.717) is 30.6 Å². The molecule has 0 aromatic rings. The molecular formula is C26H42FNO4. The van der Waals surface area contributed by atoms with Gasteiger partial charge in [0.25, 0.3) is 5.91 Å². The molecule has 0 radical (unpaired) electrons. The summed E-state index contributed by atoms with van der Waals surface area (Å²) in [7, 11) is 1.77. The molecule has 0 aromatic heterocycles. The highest BCUT2D eigenvalue weighted by Crippen LogP contribution is 2.65. The Morgan fingerprint density at radius 2 is 1.88 bits per heavy atom. The first-order chi connectivity index (χ1) is 15.2. The number of hydrogen-bond donors (Lipinski definition) is 1. The summed E-state index contributed by atoms with van der Waals surface area (Å²) in [6, 6.07) is 0. The molecule has 5 aliphatic rings. The molecular weight excluding hydrogens is 409 g/mol. The van der Waals surface area contributed by atoms with Gasteiger partial charge in [0.2, 0.25) is 0 Å². The van der Waals surface area contributed by atoms with E-state index < -0.39 is 17.9 Å². The van der Waals surface area contributed by atoms with Crippen LogP contribution in [0.2, 0.25) is 0 Å². The van der Waals surface area contributed by atoms with Crippen LogP contribution in [0.5, 0.6) is 0 Å². The number of methoxy groups -OCH3 is 1. The molecule has 3 aliphatic carbocycles. The molecule has 3 saturated carbocycles. The molecule has 9 atom stereocenters. The smallest absolute Gasteiger partial charge is 0.252 e. The van der Waals surface area contributed by atoms with Gasteiger partial charge in [-0.05, 0) is 94.3 Å². The minimum atomic E-state index is -0.936. The fraction of sp³-hybridized carbons (Fsp3) is 0.962. The number of fused-ring (bicyclic) bond motifs is 5. The summed E-state index contributed by atoms with van der Waals surface area (Å²) in [4.78, 5) is 15.6. The van der Waals surface area contributed by atoms with E-state index in [9.17, 15) is 14.3 Å². The second-order valence-corrected chi connectivity index (χ2v) is 12.0. The number of halogens is 1. The van der Waals surface area contributed by atoms with E-state index in [1.165, 1.54) is 0 Å². The van der Waals surface area contributed by atoms with Crippen molar-refractivity contribution in [2.45, 2.75) is 114 Å². The van der Waals surface area contributed by atoms with Crippen molar-refractivity contribution in [2.24, 2.45) is 23.2 Å². The monoisotopic (exact) mass is 451 g/mol. The fourth-order valence-corrected chi connectivity index (χ4v) is 8.75. The minimum absolute atomic E-state index is 0.0501. The Morgan fingerprint density at radius 1 is 1.06 bits per heavy atom. The number of amides is 1. The van der Waals surface area contributed by atoms with Crippen LogP contribution >= 0.6 is 0 Å². The summed E-state index contributed by atoms with van der Waals surface area (Å²) < 4.78 is 24.9. The molecule has 182 valence electrons. The number of aliphatic hydroxyl groups is 1. The zero-order valence-electron chi connectivity index (χ0n) is 20.2. The molecule has 5 fully saturated rings. The average Bonchev–Trinajstić information content (AvgIpc) is 2.78. The number of likely N-dealkylation sites (tertiary alicyclic amines) is 1. The molecule has 6 heteroatoms. The number of alkyl halides is 1. The van der Waals surface area contributed by atoms with Crippen LogP contribution in [-0.4, -0.2) is 65.7 Å². The topological polar surface area (TPSA) is 59.0 Å². The van der Waals surface area contributed by atoms with Crippen molar-refractivity contribution in [3.63, 3.8) is 0 Å². The number of ether oxygens (including phenoxy) is 2. The SMILES string of the molecule is CO[C@H]1CC[C@]2(C)C3CC[C@@]4(C)[C@@H](CCCN4C(=O)[C@H]4CC[C@@H](F)CO4)[C@@H]3CC[C@@]2(O)C1. The number of hydrogen-bond acceptors (Lipinski definition) is 4. The van der Waals surface area contributed by atoms with Crippen molar-refractivity contribution < 1.29 is 23.8 Å². The van der Waals surface area contributed by atoms with Crippen molar-refractivity contribution in [1.82, 2.24) is 4.90 Å². The Balaban J connectivity index is 1.37. The van der Waals surface area contributed by atoms with E-state index >= 15 is 0 Å². The average molecular weight is 452 g/mol. The summed E-state index contributed by atoms with van der Waals surface area (Å²) in [6.45, 7) is 5.48. The molecule has 5 nitrogen and oxygen atoms in total. The lowest BCUT2D eigenvalue weighted by molar-refractivity contribution is -0.229. The zero-order valence-corrected chi connectivity index (χ0v) is 20.2. The Hall–Kier alpha value is -0.720. The summed E-state index contributed by atoms with van der Waals surface area (Å²) in [6.07, 6.45) is 8.60. The van der Waals surface area contributed by atoms with Crippen LogP contribution in [0.15, 0.2) is 0 Å². The zero-order chi connectivity index (χ0) is 22.7. The number of piperidine rings is 1. The van der Waals surface area contributed by atoms with Gasteiger partial charge in [0, 0.05) is 25.6 Å². The lowest BCUT2D eigenvalue weighted by Crippen LogP contribution is -2.68. The highest BCUT2D eigenvalue weighted by atomic mass is 19.1. The van der Waals surface area contributed by atoms with Crippen molar-refractivity contribution in [3.8, 4) is 0 Å². The lowest BCUT2D eigenvalue weighted by Gasteiger charge is -2.66. The Morgan fingerprint density at radius 3 is 2.59 bits per heavy atom. The normalized spacial score (nSPS) is 51.3. The number of rotatable bonds is 2. The van der Waals surface area contributed by atoms with Gasteiger partial charge in [-0.1, -0.05) is 6.92 Å². The minimum Gasteiger partial charge on any atom is -0.389 e. The molecule has 1 amide bonds. The van der Waals surface area contributed by atoms with E-state index in [0.717, 1.165) is 64.3 Å². The summed E-state index contributed by atoms with van der Waals surface area (Å²) in [5, 5.41) is 11.8. The van der Waals surface area contributed by atoms with Gasteiger partial charge in [0.1, 0.15) is 12.3 Å². The third-order valence-electron chi connectivity index (χ3n) is 10.7. The lowest BCUT2D eigenvalue weighted by atomic mass is 9.43. The Labute approximate surface area is 192 Å². The van der Waals surface area contributed by atoms with Gasteiger partial charge in [-0.25, -0.2) is 4.39 Å². The van der Waals surface area contributed by atoms with Crippen molar-refractivity contribution in [3.05, 3.63) is 0 Å². The van der Waals surface area contributed by atoms with Gasteiger partial charge < -0.3 is 19.5 Å². The largest absolute Gasteiger partial charge is 0.389 e. The van der Waals surface area contributed by atoms with Crippen LogP contribution < -0.4 is 0 Å². The van der Waals surface area contributed by atoms with Gasteiger partial charge in [-0.2, -0.15) is 0 Å². The maximum atomic E-state index is 13.6. The second-order valence-electron chi connectivity index (χ2n) is 12.0. The van der Waals surface area contributed by atoms with Crippen LogP contribution in [0.1, 0.15) is 84.5 Å². The van der Waals surface area contributed by atoms with Crippen molar-refractivity contribution >= 4 is 5.91 Å². The summed E-state index contributed by atoms with van der Waals surface area (Å²) in [5.74, 6) is 1.61. The Bertz CT molecular complexity index is 727. The van der Waals surface area contributed by atoms with Crippen LogP contribution in [0.25, 0.3) is 0 Å². The maximum absolute atomic E-state index is 13.6. The molecule has 2 aliphatic heterocycles. The van der Waals surface area contributed by atoms with E-state index in [-0.39, 0.29) is 29.6 Å².